The summed E-state index contributed by atoms with van der Waals surface area (Å²) in [5.41, 5.74) is 1.43. The number of methoxy groups -OCH3 is 3. The van der Waals surface area contributed by atoms with Crippen LogP contribution in [0.2, 0.25) is 5.02 Å². The number of benzene rings is 2. The molecule has 1 N–H and O–H groups in total. The van der Waals surface area contributed by atoms with Crippen molar-refractivity contribution in [2.45, 2.75) is 19.3 Å². The van der Waals surface area contributed by atoms with E-state index in [9.17, 15) is 4.79 Å². The molecule has 2 aromatic carbocycles. The molecule has 3 aromatic rings. The van der Waals surface area contributed by atoms with E-state index in [1.54, 1.807) is 39.5 Å². The van der Waals surface area contributed by atoms with Gasteiger partial charge >= 0.3 is 0 Å². The number of carbonyl (C=O) groups excluding carboxylic acids is 1. The van der Waals surface area contributed by atoms with E-state index in [4.69, 9.17) is 42.4 Å². The number of ether oxygens (including phenoxy) is 3. The first kappa shape index (κ1) is 25.5. The van der Waals surface area contributed by atoms with Crippen molar-refractivity contribution in [1.82, 2.24) is 9.80 Å². The monoisotopic (exact) mass is 543 g/mol. The van der Waals surface area contributed by atoms with Crippen molar-refractivity contribution >= 4 is 51.5 Å². The van der Waals surface area contributed by atoms with Crippen LogP contribution >= 0.6 is 23.8 Å². The fraction of sp³-hybridized carbons (Fsp3) is 0.407. The summed E-state index contributed by atoms with van der Waals surface area (Å²) < 4.78 is 22.1. The topological polar surface area (TPSA) is 76.4 Å². The molecule has 0 aliphatic carbocycles. The number of furan rings is 1. The van der Waals surface area contributed by atoms with Gasteiger partial charge in [0.1, 0.15) is 11.5 Å². The van der Waals surface area contributed by atoms with Gasteiger partial charge < -0.3 is 33.7 Å². The van der Waals surface area contributed by atoms with Crippen molar-refractivity contribution in [3.63, 3.8) is 0 Å². The average Bonchev–Trinajstić information content (AvgIpc) is 3.54. The number of nitrogens with one attached hydrogen (secondary N) is 1. The number of piperidine rings is 1. The second kappa shape index (κ2) is 10.3. The Morgan fingerprint density at radius 1 is 0.973 bits per heavy atom. The molecule has 0 atom stereocenters. The van der Waals surface area contributed by atoms with Crippen LogP contribution in [0, 0.1) is 5.41 Å². The van der Waals surface area contributed by atoms with E-state index >= 15 is 0 Å². The highest BCUT2D eigenvalue weighted by molar-refractivity contribution is 7.80. The molecule has 1 aromatic heterocycles. The number of amides is 1. The second-order valence-corrected chi connectivity index (χ2v) is 10.4. The predicted molar refractivity (Wildman–Crippen MR) is 147 cm³/mol. The van der Waals surface area contributed by atoms with Gasteiger partial charge in [0, 0.05) is 43.7 Å². The summed E-state index contributed by atoms with van der Waals surface area (Å²) in [4.78, 5) is 17.3. The van der Waals surface area contributed by atoms with Crippen LogP contribution in [0.25, 0.3) is 11.0 Å². The van der Waals surface area contributed by atoms with Crippen molar-refractivity contribution < 1.29 is 23.4 Å². The third kappa shape index (κ3) is 4.90. The SMILES string of the molecule is COc1cc(NC(=S)N2CCC3(CCN(C(=O)c4cc5cccc(OC)c5o4)CC3)C2)c(OC)cc1Cl. The Hall–Kier alpha value is -3.17. The highest BCUT2D eigenvalue weighted by Gasteiger charge is 2.42. The third-order valence-corrected chi connectivity index (χ3v) is 8.15. The number of thiocarbonyl (C=S) groups is 1. The summed E-state index contributed by atoms with van der Waals surface area (Å²) in [6.45, 7) is 3.07. The van der Waals surface area contributed by atoms with E-state index in [-0.39, 0.29) is 11.3 Å². The molecule has 5 rings (SSSR count). The first-order valence-corrected chi connectivity index (χ1v) is 13.0. The van der Waals surface area contributed by atoms with Crippen LogP contribution in [0.15, 0.2) is 40.8 Å². The van der Waals surface area contributed by atoms with Gasteiger partial charge in [-0.3, -0.25) is 4.79 Å². The van der Waals surface area contributed by atoms with E-state index in [1.807, 2.05) is 23.1 Å². The number of rotatable bonds is 5. The normalized spacial score (nSPS) is 16.8. The highest BCUT2D eigenvalue weighted by atomic mass is 35.5. The number of hydrogen-bond acceptors (Lipinski definition) is 6. The first-order chi connectivity index (χ1) is 17.9. The molecule has 2 aliphatic rings. The quantitative estimate of drug-likeness (QED) is 0.426. The van der Waals surface area contributed by atoms with Crippen LogP contribution < -0.4 is 19.5 Å². The van der Waals surface area contributed by atoms with Crippen molar-refractivity contribution in [2.75, 3.05) is 52.8 Å². The van der Waals surface area contributed by atoms with Gasteiger partial charge in [0.2, 0.25) is 0 Å². The molecule has 10 heteroatoms. The summed E-state index contributed by atoms with van der Waals surface area (Å²) in [6, 6.07) is 10.9. The van der Waals surface area contributed by atoms with Crippen LogP contribution in [0.3, 0.4) is 0 Å². The zero-order valence-corrected chi connectivity index (χ0v) is 22.7. The molecular formula is C27H30ClN3O5S. The lowest BCUT2D eigenvalue weighted by molar-refractivity contribution is 0.0571. The molecule has 0 saturated carbocycles. The molecule has 0 bridgehead atoms. The highest BCUT2D eigenvalue weighted by Crippen LogP contribution is 2.42. The van der Waals surface area contributed by atoms with Crippen LogP contribution in [-0.4, -0.2) is 68.3 Å². The van der Waals surface area contributed by atoms with Crippen LogP contribution in [-0.2, 0) is 0 Å². The Morgan fingerprint density at radius 3 is 2.32 bits per heavy atom. The average molecular weight is 544 g/mol. The molecule has 0 unspecified atom stereocenters. The molecule has 2 saturated heterocycles. The van der Waals surface area contributed by atoms with Gasteiger partial charge in [-0.1, -0.05) is 23.7 Å². The summed E-state index contributed by atoms with van der Waals surface area (Å²) in [7, 11) is 4.76. The maximum Gasteiger partial charge on any atom is 0.289 e. The fourth-order valence-electron chi connectivity index (χ4n) is 5.31. The molecule has 3 heterocycles. The first-order valence-electron chi connectivity index (χ1n) is 12.2. The van der Waals surface area contributed by atoms with Crippen LogP contribution in [0.4, 0.5) is 5.69 Å². The Balaban J connectivity index is 1.21. The molecule has 1 spiro atoms. The van der Waals surface area contributed by atoms with E-state index in [0.29, 0.717) is 57.5 Å². The number of anilines is 1. The van der Waals surface area contributed by atoms with Crippen molar-refractivity contribution in [3.8, 4) is 17.2 Å². The number of hydrogen-bond donors (Lipinski definition) is 1. The smallest absolute Gasteiger partial charge is 0.289 e. The predicted octanol–water partition coefficient (Wildman–Crippen LogP) is 5.44. The van der Waals surface area contributed by atoms with Gasteiger partial charge in [0.25, 0.3) is 5.91 Å². The number of nitrogens with zero attached hydrogens (tertiary/aromatic N) is 2. The van der Waals surface area contributed by atoms with Crippen molar-refractivity contribution in [1.29, 1.82) is 0 Å². The molecule has 1 amide bonds. The largest absolute Gasteiger partial charge is 0.495 e. The van der Waals surface area contributed by atoms with E-state index < -0.39 is 0 Å². The maximum absolute atomic E-state index is 13.2. The number of likely N-dealkylation sites (tertiary alicyclic amines) is 2. The minimum atomic E-state index is -0.0797. The maximum atomic E-state index is 13.2. The molecule has 0 radical (unpaired) electrons. The lowest BCUT2D eigenvalue weighted by Crippen LogP contribution is -2.45. The van der Waals surface area contributed by atoms with Crippen molar-refractivity contribution in [3.05, 3.63) is 47.2 Å². The lowest BCUT2D eigenvalue weighted by Gasteiger charge is -2.39. The summed E-state index contributed by atoms with van der Waals surface area (Å²) in [5.74, 6) is 2.03. The summed E-state index contributed by atoms with van der Waals surface area (Å²) in [5, 5.41) is 5.27. The summed E-state index contributed by atoms with van der Waals surface area (Å²) >= 11 is 12.0. The number of para-hydroxylation sites is 1. The zero-order chi connectivity index (χ0) is 26.2. The minimum absolute atomic E-state index is 0.0797. The molecule has 2 fully saturated rings. The van der Waals surface area contributed by atoms with Gasteiger partial charge in [-0.15, -0.1) is 0 Å². The van der Waals surface area contributed by atoms with Gasteiger partial charge in [0.15, 0.2) is 22.2 Å². The van der Waals surface area contributed by atoms with Crippen LogP contribution in [0.5, 0.6) is 17.2 Å². The lowest BCUT2D eigenvalue weighted by atomic mass is 9.78. The van der Waals surface area contributed by atoms with Crippen LogP contribution in [0.1, 0.15) is 29.8 Å². The van der Waals surface area contributed by atoms with E-state index in [1.165, 1.54) is 0 Å². The van der Waals surface area contributed by atoms with Gasteiger partial charge in [-0.25, -0.2) is 0 Å². The van der Waals surface area contributed by atoms with Gasteiger partial charge in [-0.05, 0) is 49.0 Å². The Bertz CT molecular complexity index is 1340. The zero-order valence-electron chi connectivity index (χ0n) is 21.1. The Labute approximate surface area is 226 Å². The van der Waals surface area contributed by atoms with E-state index in [2.05, 4.69) is 10.2 Å². The Morgan fingerprint density at radius 2 is 1.65 bits per heavy atom. The molecule has 8 nitrogen and oxygen atoms in total. The van der Waals surface area contributed by atoms with Crippen molar-refractivity contribution in [2.24, 2.45) is 5.41 Å². The Kier molecular flexibility index (Phi) is 7.09. The molecule has 2 aliphatic heterocycles. The second-order valence-electron chi connectivity index (χ2n) is 9.57. The number of fused-ring (bicyclic) bond motifs is 1. The third-order valence-electron chi connectivity index (χ3n) is 7.49. The van der Waals surface area contributed by atoms with Gasteiger partial charge in [-0.2, -0.15) is 0 Å². The molecule has 196 valence electrons. The molecule has 37 heavy (non-hydrogen) atoms. The number of halogens is 1. The minimum Gasteiger partial charge on any atom is -0.495 e. The standard InChI is InChI=1S/C27H30ClN3O5S/c1-33-20-6-4-5-17-13-23(36-24(17)20)25(32)30-10-7-27(8-11-30)9-12-31(16-27)26(37)29-19-15-21(34-2)18(28)14-22(19)35-3/h4-6,13-15H,7-12,16H2,1-3H3,(H,29,37). The fourth-order valence-corrected chi connectivity index (χ4v) is 5.81. The van der Waals surface area contributed by atoms with Gasteiger partial charge in [0.05, 0.1) is 32.0 Å². The summed E-state index contributed by atoms with van der Waals surface area (Å²) in [6.07, 6.45) is 2.86. The number of carbonyl (C=O) groups is 1. The molecular weight excluding hydrogens is 514 g/mol. The van der Waals surface area contributed by atoms with E-state index in [0.717, 1.165) is 37.7 Å².